The van der Waals surface area contributed by atoms with E-state index in [1.165, 1.54) is 4.90 Å². The number of carbonyl (C=O) groups excluding carboxylic acids is 2. The van der Waals surface area contributed by atoms with Gasteiger partial charge in [-0.25, -0.2) is 0 Å². The van der Waals surface area contributed by atoms with E-state index in [1.807, 2.05) is 0 Å². The van der Waals surface area contributed by atoms with Crippen LogP contribution in [0.25, 0.3) is 0 Å². The molecule has 3 aliphatic rings. The first kappa shape index (κ1) is 12.2. The minimum atomic E-state index is -0.111. The van der Waals surface area contributed by atoms with Crippen molar-refractivity contribution in [2.45, 2.75) is 6.42 Å². The lowest BCUT2D eigenvalue weighted by atomic mass is 9.85. The molecule has 0 aromatic carbocycles. The van der Waals surface area contributed by atoms with Crippen LogP contribution in [0.3, 0.4) is 0 Å². The molecular formula is C13H18N4O2. The topological polar surface area (TPSA) is 87.8 Å². The van der Waals surface area contributed by atoms with Crippen molar-refractivity contribution in [2.75, 3.05) is 20.1 Å². The first-order valence-corrected chi connectivity index (χ1v) is 6.63. The summed E-state index contributed by atoms with van der Waals surface area (Å²) in [4.78, 5) is 29.8. The van der Waals surface area contributed by atoms with Gasteiger partial charge in [0.25, 0.3) is 0 Å². The van der Waals surface area contributed by atoms with Crippen LogP contribution >= 0.6 is 0 Å². The quantitative estimate of drug-likeness (QED) is 0.305. The van der Waals surface area contributed by atoms with E-state index in [2.05, 4.69) is 22.5 Å². The summed E-state index contributed by atoms with van der Waals surface area (Å²) in [6.07, 6.45) is 5.16. The Labute approximate surface area is 111 Å². The number of allylic oxidation sites excluding steroid dienone is 2. The molecule has 6 nitrogen and oxygen atoms in total. The van der Waals surface area contributed by atoms with Gasteiger partial charge in [0, 0.05) is 20.1 Å². The van der Waals surface area contributed by atoms with E-state index in [4.69, 9.17) is 5.73 Å². The van der Waals surface area contributed by atoms with Gasteiger partial charge in [0.15, 0.2) is 5.96 Å². The average molecular weight is 262 g/mol. The fourth-order valence-electron chi connectivity index (χ4n) is 3.56. The van der Waals surface area contributed by atoms with Gasteiger partial charge in [-0.15, -0.1) is 0 Å². The second kappa shape index (κ2) is 4.36. The van der Waals surface area contributed by atoms with Gasteiger partial charge in [0.05, 0.1) is 11.8 Å². The van der Waals surface area contributed by atoms with Crippen LogP contribution in [0.2, 0.25) is 0 Å². The van der Waals surface area contributed by atoms with Gasteiger partial charge >= 0.3 is 0 Å². The predicted octanol–water partition coefficient (Wildman–Crippen LogP) is -0.672. The molecule has 0 radical (unpaired) electrons. The van der Waals surface area contributed by atoms with E-state index < -0.39 is 0 Å². The third kappa shape index (κ3) is 1.74. The fourth-order valence-corrected chi connectivity index (χ4v) is 3.56. The Morgan fingerprint density at radius 2 is 1.95 bits per heavy atom. The van der Waals surface area contributed by atoms with Gasteiger partial charge in [0.2, 0.25) is 11.8 Å². The summed E-state index contributed by atoms with van der Waals surface area (Å²) in [7, 11) is 1.59. The van der Waals surface area contributed by atoms with Gasteiger partial charge in [-0.3, -0.25) is 19.5 Å². The van der Waals surface area contributed by atoms with Crippen LogP contribution < -0.4 is 11.1 Å². The Kier molecular flexibility index (Phi) is 2.80. The lowest BCUT2D eigenvalue weighted by Gasteiger charge is -2.17. The predicted molar refractivity (Wildman–Crippen MR) is 70.0 cm³/mol. The van der Waals surface area contributed by atoms with Gasteiger partial charge in [-0.2, -0.15) is 0 Å². The second-order valence-corrected chi connectivity index (χ2v) is 5.36. The maximum atomic E-state index is 12.3. The zero-order valence-corrected chi connectivity index (χ0v) is 10.9. The van der Waals surface area contributed by atoms with Crippen LogP contribution in [0, 0.1) is 23.7 Å². The number of nitrogens with two attached hydrogens (primary N) is 1. The number of aliphatic imine (C=N–C) groups is 1. The zero-order chi connectivity index (χ0) is 13.6. The van der Waals surface area contributed by atoms with Crippen LogP contribution in [0.4, 0.5) is 0 Å². The molecule has 2 aliphatic carbocycles. The van der Waals surface area contributed by atoms with Crippen molar-refractivity contribution in [3.63, 3.8) is 0 Å². The minimum Gasteiger partial charge on any atom is -0.370 e. The third-order valence-electron chi connectivity index (χ3n) is 4.44. The molecule has 4 unspecified atom stereocenters. The highest BCUT2D eigenvalue weighted by molar-refractivity contribution is 6.06. The summed E-state index contributed by atoms with van der Waals surface area (Å²) in [6, 6.07) is 0. The molecule has 19 heavy (non-hydrogen) atoms. The van der Waals surface area contributed by atoms with Crippen LogP contribution in [0.1, 0.15) is 6.42 Å². The minimum absolute atomic E-state index is 0.0133. The molecule has 6 heteroatoms. The number of guanidine groups is 1. The Bertz CT molecular complexity index is 455. The summed E-state index contributed by atoms with van der Waals surface area (Å²) < 4.78 is 0. The second-order valence-electron chi connectivity index (χ2n) is 5.36. The van der Waals surface area contributed by atoms with E-state index in [-0.39, 0.29) is 35.5 Å². The Hall–Kier alpha value is -1.85. The van der Waals surface area contributed by atoms with Crippen LogP contribution in [0.5, 0.6) is 0 Å². The maximum absolute atomic E-state index is 12.3. The molecule has 1 saturated heterocycles. The van der Waals surface area contributed by atoms with E-state index in [9.17, 15) is 9.59 Å². The van der Waals surface area contributed by atoms with Crippen molar-refractivity contribution in [3.8, 4) is 0 Å². The van der Waals surface area contributed by atoms with Crippen LogP contribution in [-0.2, 0) is 9.59 Å². The number of carbonyl (C=O) groups is 2. The first-order valence-electron chi connectivity index (χ1n) is 6.63. The van der Waals surface area contributed by atoms with Crippen LogP contribution in [-0.4, -0.2) is 42.8 Å². The molecule has 1 heterocycles. The number of imide groups is 1. The van der Waals surface area contributed by atoms with Gasteiger partial charge < -0.3 is 11.1 Å². The fraction of sp³-hybridized carbons (Fsp3) is 0.615. The first-order chi connectivity index (χ1) is 9.13. The zero-order valence-electron chi connectivity index (χ0n) is 10.9. The van der Waals surface area contributed by atoms with Crippen molar-refractivity contribution >= 4 is 17.8 Å². The average Bonchev–Trinajstić information content (AvgIpc) is 3.07. The largest absolute Gasteiger partial charge is 0.370 e. The van der Waals surface area contributed by atoms with Crippen molar-refractivity contribution < 1.29 is 9.59 Å². The highest BCUT2D eigenvalue weighted by Gasteiger charge is 2.58. The summed E-state index contributed by atoms with van der Waals surface area (Å²) in [6.45, 7) is 0.809. The number of rotatable bonds is 3. The molecule has 102 valence electrons. The highest BCUT2D eigenvalue weighted by Crippen LogP contribution is 2.52. The Morgan fingerprint density at radius 3 is 2.47 bits per heavy atom. The Morgan fingerprint density at radius 1 is 1.37 bits per heavy atom. The van der Waals surface area contributed by atoms with Crippen molar-refractivity contribution in [1.29, 1.82) is 0 Å². The van der Waals surface area contributed by atoms with E-state index in [0.717, 1.165) is 6.42 Å². The van der Waals surface area contributed by atoms with E-state index in [1.54, 1.807) is 7.05 Å². The maximum Gasteiger partial charge on any atom is 0.233 e. The van der Waals surface area contributed by atoms with Gasteiger partial charge in [-0.05, 0) is 18.3 Å². The Balaban J connectivity index is 1.66. The summed E-state index contributed by atoms with van der Waals surface area (Å²) in [5.74, 6) is 0.611. The van der Waals surface area contributed by atoms with Crippen molar-refractivity contribution in [1.82, 2.24) is 10.2 Å². The summed E-state index contributed by atoms with van der Waals surface area (Å²) in [5.41, 5.74) is 5.51. The molecule has 3 rings (SSSR count). The normalized spacial score (nSPS) is 36.3. The number of nitrogens with zero attached hydrogens (tertiary/aromatic N) is 2. The molecule has 2 fully saturated rings. The molecule has 4 atom stereocenters. The van der Waals surface area contributed by atoms with E-state index in [0.29, 0.717) is 19.0 Å². The van der Waals surface area contributed by atoms with E-state index >= 15 is 0 Å². The molecule has 0 aromatic heterocycles. The number of likely N-dealkylation sites (tertiary alicyclic amines) is 1. The molecule has 1 aliphatic heterocycles. The van der Waals surface area contributed by atoms with Crippen LogP contribution in [0.15, 0.2) is 17.1 Å². The van der Waals surface area contributed by atoms with Crippen molar-refractivity contribution in [3.05, 3.63) is 12.2 Å². The molecular weight excluding hydrogens is 244 g/mol. The number of hydrogen-bond donors (Lipinski definition) is 2. The smallest absolute Gasteiger partial charge is 0.233 e. The molecule has 1 saturated carbocycles. The summed E-state index contributed by atoms with van der Waals surface area (Å²) >= 11 is 0. The standard InChI is InChI=1S/C13H18N4O2/c1-15-13(14)16-4-5-17-11(18)9-7-2-3-8(6-7)10(9)12(17)19/h2-3,7-10H,4-6H2,1H3,(H3,14,15,16). The number of hydrogen-bond acceptors (Lipinski definition) is 3. The number of amides is 2. The lowest BCUT2D eigenvalue weighted by Crippen LogP contribution is -2.41. The summed E-state index contributed by atoms with van der Waals surface area (Å²) in [5, 5.41) is 2.87. The number of fused-ring (bicyclic) bond motifs is 5. The number of nitrogens with one attached hydrogen (secondary N) is 1. The SMILES string of the molecule is CN=C(N)NCCN1C(=O)C2C3C=CC(C3)C2C1=O. The molecule has 3 N–H and O–H groups in total. The third-order valence-corrected chi connectivity index (χ3v) is 4.44. The molecule has 2 bridgehead atoms. The van der Waals surface area contributed by atoms with Crippen molar-refractivity contribution in [2.24, 2.45) is 34.4 Å². The molecule has 2 amide bonds. The van der Waals surface area contributed by atoms with Gasteiger partial charge in [0.1, 0.15) is 0 Å². The lowest BCUT2D eigenvalue weighted by molar-refractivity contribution is -0.140. The van der Waals surface area contributed by atoms with Gasteiger partial charge in [-0.1, -0.05) is 12.2 Å². The monoisotopic (exact) mass is 262 g/mol. The molecule has 0 aromatic rings. The molecule has 0 spiro atoms. The highest BCUT2D eigenvalue weighted by atomic mass is 16.2.